The van der Waals surface area contributed by atoms with Crippen molar-refractivity contribution in [2.24, 2.45) is 0 Å². The van der Waals surface area contributed by atoms with Gasteiger partial charge in [0, 0.05) is 11.5 Å². The SMILES string of the molecule is CC(C)(C)OC(=O)COc1cc(C(=O)OCc2ccccc2)nc2c(N)cccc12. The molecule has 1 heterocycles. The molecule has 0 radical (unpaired) electrons. The molecule has 7 heteroatoms. The summed E-state index contributed by atoms with van der Waals surface area (Å²) in [6, 6.07) is 15.9. The van der Waals surface area contributed by atoms with Gasteiger partial charge in [0.1, 0.15) is 18.0 Å². The predicted molar refractivity (Wildman–Crippen MR) is 113 cm³/mol. The Morgan fingerprint density at radius 1 is 1.03 bits per heavy atom. The van der Waals surface area contributed by atoms with E-state index in [1.54, 1.807) is 39.0 Å². The van der Waals surface area contributed by atoms with E-state index in [-0.39, 0.29) is 18.9 Å². The van der Waals surface area contributed by atoms with Gasteiger partial charge in [-0.1, -0.05) is 36.4 Å². The van der Waals surface area contributed by atoms with Gasteiger partial charge in [-0.05, 0) is 38.5 Å². The number of nitrogen functional groups attached to an aromatic ring is 1. The molecule has 3 aromatic rings. The molecule has 0 atom stereocenters. The summed E-state index contributed by atoms with van der Waals surface area (Å²) in [7, 11) is 0. The molecule has 1 aromatic heterocycles. The van der Waals surface area contributed by atoms with Gasteiger partial charge < -0.3 is 19.9 Å². The fourth-order valence-corrected chi connectivity index (χ4v) is 2.77. The molecule has 0 amide bonds. The average Bonchev–Trinajstić information content (AvgIpc) is 2.70. The van der Waals surface area contributed by atoms with Gasteiger partial charge in [-0.25, -0.2) is 14.6 Å². The Labute approximate surface area is 174 Å². The summed E-state index contributed by atoms with van der Waals surface area (Å²) in [5, 5.41) is 0.582. The Hall–Kier alpha value is -3.61. The highest BCUT2D eigenvalue weighted by atomic mass is 16.6. The highest BCUT2D eigenvalue weighted by Gasteiger charge is 2.19. The van der Waals surface area contributed by atoms with E-state index in [1.807, 2.05) is 30.3 Å². The summed E-state index contributed by atoms with van der Waals surface area (Å²) in [5.74, 6) is -0.847. The Kier molecular flexibility index (Phi) is 6.20. The van der Waals surface area contributed by atoms with Crippen LogP contribution in [0.4, 0.5) is 5.69 Å². The quantitative estimate of drug-likeness (QED) is 0.488. The number of benzene rings is 2. The van der Waals surface area contributed by atoms with Gasteiger partial charge in [0.2, 0.25) is 0 Å². The molecule has 0 aliphatic rings. The van der Waals surface area contributed by atoms with Crippen LogP contribution in [0.15, 0.2) is 54.6 Å². The maximum absolute atomic E-state index is 12.6. The van der Waals surface area contributed by atoms with Crippen molar-refractivity contribution in [2.75, 3.05) is 12.3 Å². The summed E-state index contributed by atoms with van der Waals surface area (Å²) in [5.41, 5.74) is 7.08. The number of carbonyl (C=O) groups excluding carboxylic acids is 2. The zero-order chi connectivity index (χ0) is 21.7. The molecule has 0 bridgehead atoms. The highest BCUT2D eigenvalue weighted by Crippen LogP contribution is 2.29. The van der Waals surface area contributed by atoms with E-state index < -0.39 is 17.5 Å². The van der Waals surface area contributed by atoms with Crippen LogP contribution in [0, 0.1) is 0 Å². The maximum atomic E-state index is 12.6. The molecule has 2 aromatic carbocycles. The van der Waals surface area contributed by atoms with Gasteiger partial charge in [0.25, 0.3) is 0 Å². The van der Waals surface area contributed by atoms with Crippen LogP contribution in [0.3, 0.4) is 0 Å². The molecule has 0 aliphatic heterocycles. The lowest BCUT2D eigenvalue weighted by Gasteiger charge is -2.19. The second-order valence-corrected chi connectivity index (χ2v) is 7.69. The van der Waals surface area contributed by atoms with Crippen molar-refractivity contribution in [3.8, 4) is 5.75 Å². The van der Waals surface area contributed by atoms with Crippen molar-refractivity contribution in [3.63, 3.8) is 0 Å². The van der Waals surface area contributed by atoms with Crippen LogP contribution >= 0.6 is 0 Å². The van der Waals surface area contributed by atoms with Crippen LogP contribution in [-0.4, -0.2) is 29.1 Å². The van der Waals surface area contributed by atoms with Gasteiger partial charge in [0.05, 0.1) is 11.2 Å². The van der Waals surface area contributed by atoms with E-state index in [0.717, 1.165) is 5.56 Å². The van der Waals surface area contributed by atoms with Crippen molar-refractivity contribution in [2.45, 2.75) is 33.0 Å². The number of fused-ring (bicyclic) bond motifs is 1. The first kappa shape index (κ1) is 21.1. The maximum Gasteiger partial charge on any atom is 0.357 e. The second-order valence-electron chi connectivity index (χ2n) is 7.69. The van der Waals surface area contributed by atoms with Gasteiger partial charge in [-0.2, -0.15) is 0 Å². The third-order valence-corrected chi connectivity index (χ3v) is 4.02. The average molecular weight is 408 g/mol. The first-order valence-corrected chi connectivity index (χ1v) is 9.48. The number of nitrogens with zero attached hydrogens (tertiary/aromatic N) is 1. The molecule has 0 spiro atoms. The monoisotopic (exact) mass is 408 g/mol. The molecule has 0 fully saturated rings. The third kappa shape index (κ3) is 5.47. The van der Waals surface area contributed by atoms with Gasteiger partial charge in [-0.3, -0.25) is 0 Å². The fourth-order valence-electron chi connectivity index (χ4n) is 2.77. The van der Waals surface area contributed by atoms with Crippen LogP contribution in [0.2, 0.25) is 0 Å². The Morgan fingerprint density at radius 2 is 1.77 bits per heavy atom. The minimum atomic E-state index is -0.627. The van der Waals surface area contributed by atoms with Gasteiger partial charge in [-0.15, -0.1) is 0 Å². The number of anilines is 1. The van der Waals surface area contributed by atoms with E-state index in [2.05, 4.69) is 4.98 Å². The van der Waals surface area contributed by atoms with E-state index in [4.69, 9.17) is 19.9 Å². The number of pyridine rings is 1. The van der Waals surface area contributed by atoms with Crippen molar-refractivity contribution in [3.05, 3.63) is 65.9 Å². The molecule has 7 nitrogen and oxygen atoms in total. The summed E-state index contributed by atoms with van der Waals surface area (Å²) in [4.78, 5) is 29.0. The number of rotatable bonds is 6. The Morgan fingerprint density at radius 3 is 2.47 bits per heavy atom. The van der Waals surface area contributed by atoms with Crippen LogP contribution in [0.1, 0.15) is 36.8 Å². The Bertz CT molecular complexity index is 1060. The molecule has 3 rings (SSSR count). The summed E-state index contributed by atoms with van der Waals surface area (Å²) in [6.07, 6.45) is 0. The van der Waals surface area contributed by atoms with Crippen LogP contribution in [0.5, 0.6) is 5.75 Å². The van der Waals surface area contributed by atoms with E-state index in [0.29, 0.717) is 22.3 Å². The molecule has 0 unspecified atom stereocenters. The minimum Gasteiger partial charge on any atom is -0.481 e. The lowest BCUT2D eigenvalue weighted by molar-refractivity contribution is -0.157. The van der Waals surface area contributed by atoms with Gasteiger partial charge in [0.15, 0.2) is 12.3 Å². The topological polar surface area (TPSA) is 101 Å². The molecule has 2 N–H and O–H groups in total. The third-order valence-electron chi connectivity index (χ3n) is 4.02. The number of hydrogen-bond acceptors (Lipinski definition) is 7. The van der Waals surface area contributed by atoms with Gasteiger partial charge >= 0.3 is 11.9 Å². The summed E-state index contributed by atoms with van der Waals surface area (Å²) < 4.78 is 16.3. The number of carbonyl (C=O) groups is 2. The zero-order valence-electron chi connectivity index (χ0n) is 17.2. The molecular formula is C23H24N2O5. The summed E-state index contributed by atoms with van der Waals surface area (Å²) in [6.45, 7) is 5.11. The standard InChI is InChI=1S/C23H24N2O5/c1-23(2,3)30-20(26)14-28-19-12-18(25-21-16(19)10-7-11-17(21)24)22(27)29-13-15-8-5-4-6-9-15/h4-12H,13-14,24H2,1-3H3. The zero-order valence-corrected chi connectivity index (χ0v) is 17.2. The smallest absolute Gasteiger partial charge is 0.357 e. The molecule has 30 heavy (non-hydrogen) atoms. The molecular weight excluding hydrogens is 384 g/mol. The molecule has 0 saturated heterocycles. The first-order valence-electron chi connectivity index (χ1n) is 9.48. The molecule has 156 valence electrons. The van der Waals surface area contributed by atoms with E-state index >= 15 is 0 Å². The largest absolute Gasteiger partial charge is 0.481 e. The Balaban J connectivity index is 1.84. The van der Waals surface area contributed by atoms with Crippen molar-refractivity contribution >= 4 is 28.5 Å². The minimum absolute atomic E-state index is 0.0375. The number of para-hydroxylation sites is 1. The normalized spacial score (nSPS) is 11.2. The van der Waals surface area contributed by atoms with E-state index in [1.165, 1.54) is 6.07 Å². The first-order chi connectivity index (χ1) is 14.2. The number of esters is 2. The number of nitrogens with two attached hydrogens (primary N) is 1. The number of hydrogen-bond donors (Lipinski definition) is 1. The lowest BCUT2D eigenvalue weighted by atomic mass is 10.1. The lowest BCUT2D eigenvalue weighted by Crippen LogP contribution is -2.27. The second kappa shape index (κ2) is 8.82. The fraction of sp³-hybridized carbons (Fsp3) is 0.261. The van der Waals surface area contributed by atoms with Crippen LogP contribution in [-0.2, 0) is 20.9 Å². The number of ether oxygens (including phenoxy) is 3. The predicted octanol–water partition coefficient (Wildman–Crippen LogP) is 3.89. The van der Waals surface area contributed by atoms with Crippen LogP contribution < -0.4 is 10.5 Å². The van der Waals surface area contributed by atoms with Crippen molar-refractivity contribution in [1.82, 2.24) is 4.98 Å². The summed E-state index contributed by atoms with van der Waals surface area (Å²) >= 11 is 0. The van der Waals surface area contributed by atoms with E-state index in [9.17, 15) is 9.59 Å². The highest BCUT2D eigenvalue weighted by molar-refractivity contribution is 5.98. The van der Waals surface area contributed by atoms with Crippen molar-refractivity contribution < 1.29 is 23.8 Å². The van der Waals surface area contributed by atoms with Crippen molar-refractivity contribution in [1.29, 1.82) is 0 Å². The van der Waals surface area contributed by atoms with Crippen LogP contribution in [0.25, 0.3) is 10.9 Å². The molecule has 0 saturated carbocycles. The molecule has 0 aliphatic carbocycles. The number of aromatic nitrogens is 1.